The number of anilines is 1. The quantitative estimate of drug-likeness (QED) is 0.599. The highest BCUT2D eigenvalue weighted by Crippen LogP contribution is 2.28. The van der Waals surface area contributed by atoms with Crippen LogP contribution < -0.4 is 5.32 Å². The van der Waals surface area contributed by atoms with Crippen molar-refractivity contribution in [3.8, 4) is 17.5 Å². The number of halogens is 1. The molecule has 0 spiro atoms. The summed E-state index contributed by atoms with van der Waals surface area (Å²) < 4.78 is 1.99. The Bertz CT molecular complexity index is 1030. The predicted octanol–water partition coefficient (Wildman–Crippen LogP) is 4.61. The van der Waals surface area contributed by atoms with Gasteiger partial charge in [-0.1, -0.05) is 53.7 Å². The van der Waals surface area contributed by atoms with Crippen LogP contribution >= 0.6 is 23.4 Å². The highest BCUT2D eigenvalue weighted by atomic mass is 35.5. The van der Waals surface area contributed by atoms with Gasteiger partial charge >= 0.3 is 0 Å². The first kappa shape index (κ1) is 19.9. The highest BCUT2D eigenvalue weighted by Gasteiger charge is 2.20. The first-order valence-corrected chi connectivity index (χ1v) is 9.95. The second-order valence-corrected chi connectivity index (χ2v) is 7.69. The summed E-state index contributed by atoms with van der Waals surface area (Å²) in [4.78, 5) is 12.6. The Balaban J connectivity index is 1.73. The van der Waals surface area contributed by atoms with E-state index < -0.39 is 5.25 Å². The molecule has 1 amide bonds. The fraction of sp³-hybridized carbons (Fsp3) is 0.200. The number of hydrogen-bond acceptors (Lipinski definition) is 5. The largest absolute Gasteiger partial charge is 0.325 e. The number of hydrogen-bond donors (Lipinski definition) is 1. The number of amides is 1. The molecule has 8 heteroatoms. The second kappa shape index (κ2) is 8.91. The van der Waals surface area contributed by atoms with Crippen molar-refractivity contribution in [2.75, 3.05) is 5.32 Å². The minimum atomic E-state index is -0.396. The summed E-state index contributed by atoms with van der Waals surface area (Å²) in [7, 11) is 0. The van der Waals surface area contributed by atoms with Crippen molar-refractivity contribution in [1.82, 2.24) is 14.8 Å². The average molecular weight is 412 g/mol. The maximum absolute atomic E-state index is 12.6. The van der Waals surface area contributed by atoms with Gasteiger partial charge < -0.3 is 9.88 Å². The Morgan fingerprint density at radius 1 is 1.29 bits per heavy atom. The first-order chi connectivity index (χ1) is 13.5. The number of carbonyl (C=O) groups excluding carboxylic acids is 1. The smallest absolute Gasteiger partial charge is 0.237 e. The second-order valence-electron chi connectivity index (χ2n) is 5.97. The zero-order valence-electron chi connectivity index (χ0n) is 15.4. The van der Waals surface area contributed by atoms with Crippen molar-refractivity contribution in [3.63, 3.8) is 0 Å². The minimum absolute atomic E-state index is 0.183. The zero-order chi connectivity index (χ0) is 20.1. The number of carbonyl (C=O) groups is 1. The molecule has 0 fully saturated rings. The fourth-order valence-electron chi connectivity index (χ4n) is 2.60. The van der Waals surface area contributed by atoms with E-state index in [0.29, 0.717) is 28.0 Å². The number of aromatic nitrogens is 3. The van der Waals surface area contributed by atoms with E-state index in [1.165, 1.54) is 11.8 Å². The molecule has 0 bridgehead atoms. The van der Waals surface area contributed by atoms with E-state index in [-0.39, 0.29) is 5.91 Å². The molecule has 0 aliphatic rings. The molecule has 1 atom stereocenters. The van der Waals surface area contributed by atoms with Gasteiger partial charge in [-0.3, -0.25) is 4.79 Å². The molecule has 1 aromatic heterocycles. The fourth-order valence-corrected chi connectivity index (χ4v) is 3.74. The molecule has 1 heterocycles. The number of thioether (sulfide) groups is 1. The third kappa shape index (κ3) is 4.35. The maximum atomic E-state index is 12.6. The molecule has 0 saturated carbocycles. The molecule has 0 unspecified atom stereocenters. The van der Waals surface area contributed by atoms with Crippen LogP contribution in [0.4, 0.5) is 5.69 Å². The van der Waals surface area contributed by atoms with Gasteiger partial charge in [0.25, 0.3) is 0 Å². The lowest BCUT2D eigenvalue weighted by Gasteiger charge is -2.13. The molecule has 6 nitrogen and oxygen atoms in total. The van der Waals surface area contributed by atoms with Gasteiger partial charge in [-0.25, -0.2) is 0 Å². The van der Waals surface area contributed by atoms with Gasteiger partial charge in [0, 0.05) is 17.8 Å². The van der Waals surface area contributed by atoms with Crippen molar-refractivity contribution < 1.29 is 4.79 Å². The lowest BCUT2D eigenvalue weighted by atomic mass is 10.2. The van der Waals surface area contributed by atoms with Crippen molar-refractivity contribution in [3.05, 3.63) is 59.1 Å². The lowest BCUT2D eigenvalue weighted by molar-refractivity contribution is -0.115. The Kier molecular flexibility index (Phi) is 6.34. The number of nitrogens with one attached hydrogen (secondary N) is 1. The molecule has 142 valence electrons. The average Bonchev–Trinajstić information content (AvgIpc) is 3.11. The topological polar surface area (TPSA) is 83.6 Å². The van der Waals surface area contributed by atoms with Gasteiger partial charge in [0.05, 0.1) is 15.8 Å². The molecular formula is C20H18ClN5OS. The van der Waals surface area contributed by atoms with Gasteiger partial charge in [-0.15, -0.1) is 10.2 Å². The molecule has 0 radical (unpaired) electrons. The molecule has 0 aliphatic carbocycles. The standard InChI is InChI=1S/C20H18ClN5OS/c1-3-26-18(14-7-5-4-6-8-14)24-25-20(26)28-13(2)19(27)23-16-10-9-15(12-22)17(21)11-16/h4-11,13H,3H2,1-2H3,(H,23,27)/t13-/m0/s1. The summed E-state index contributed by atoms with van der Waals surface area (Å²) >= 11 is 7.36. The van der Waals surface area contributed by atoms with Crippen molar-refractivity contribution in [2.24, 2.45) is 0 Å². The Morgan fingerprint density at radius 3 is 2.68 bits per heavy atom. The number of nitrogens with zero attached hydrogens (tertiary/aromatic N) is 4. The third-order valence-electron chi connectivity index (χ3n) is 4.07. The van der Waals surface area contributed by atoms with Crippen LogP contribution in [-0.2, 0) is 11.3 Å². The molecule has 0 aliphatic heterocycles. The van der Waals surface area contributed by atoms with E-state index in [1.807, 2.05) is 54.8 Å². The minimum Gasteiger partial charge on any atom is -0.325 e. The van der Waals surface area contributed by atoms with E-state index in [9.17, 15) is 4.79 Å². The monoisotopic (exact) mass is 411 g/mol. The van der Waals surface area contributed by atoms with E-state index >= 15 is 0 Å². The Labute approximate surface area is 172 Å². The number of nitriles is 1. The molecule has 2 aromatic carbocycles. The summed E-state index contributed by atoms with van der Waals surface area (Å²) in [5, 5.41) is 20.9. The lowest BCUT2D eigenvalue weighted by Crippen LogP contribution is -2.23. The van der Waals surface area contributed by atoms with E-state index in [1.54, 1.807) is 18.2 Å². The summed E-state index contributed by atoms with van der Waals surface area (Å²) in [6, 6.07) is 16.6. The summed E-state index contributed by atoms with van der Waals surface area (Å²) in [6.07, 6.45) is 0. The van der Waals surface area contributed by atoms with Crippen LogP contribution in [-0.4, -0.2) is 25.9 Å². The number of rotatable bonds is 6. The summed E-state index contributed by atoms with van der Waals surface area (Å²) in [6.45, 7) is 4.52. The van der Waals surface area contributed by atoms with Gasteiger partial charge in [0.2, 0.25) is 5.91 Å². The molecule has 3 rings (SSSR count). The van der Waals surface area contributed by atoms with Crippen LogP contribution in [0.5, 0.6) is 0 Å². The van der Waals surface area contributed by atoms with E-state index in [2.05, 4.69) is 15.5 Å². The van der Waals surface area contributed by atoms with Gasteiger partial charge in [0.1, 0.15) is 6.07 Å². The van der Waals surface area contributed by atoms with E-state index in [4.69, 9.17) is 16.9 Å². The molecule has 1 N–H and O–H groups in total. The van der Waals surface area contributed by atoms with Crippen molar-refractivity contribution in [1.29, 1.82) is 5.26 Å². The molecule has 28 heavy (non-hydrogen) atoms. The highest BCUT2D eigenvalue weighted by molar-refractivity contribution is 8.00. The van der Waals surface area contributed by atoms with Crippen molar-refractivity contribution in [2.45, 2.75) is 30.8 Å². The van der Waals surface area contributed by atoms with Crippen LogP contribution in [0.3, 0.4) is 0 Å². The predicted molar refractivity (Wildman–Crippen MR) is 111 cm³/mol. The van der Waals surface area contributed by atoms with Crippen molar-refractivity contribution >= 4 is 35.0 Å². The summed E-state index contributed by atoms with van der Waals surface area (Å²) in [5.41, 5.74) is 1.89. The SMILES string of the molecule is CCn1c(S[C@@H](C)C(=O)Nc2ccc(C#N)c(Cl)c2)nnc1-c1ccccc1. The number of benzene rings is 2. The van der Waals surface area contributed by atoms with Crippen LogP contribution in [0.25, 0.3) is 11.4 Å². The van der Waals surface area contributed by atoms with Gasteiger partial charge in [0.15, 0.2) is 11.0 Å². The maximum Gasteiger partial charge on any atom is 0.237 e. The molecular weight excluding hydrogens is 394 g/mol. The summed E-state index contributed by atoms with van der Waals surface area (Å²) in [5.74, 6) is 0.592. The van der Waals surface area contributed by atoms with Crippen LogP contribution in [0.2, 0.25) is 5.02 Å². The van der Waals surface area contributed by atoms with Crippen LogP contribution in [0.1, 0.15) is 19.4 Å². The third-order valence-corrected chi connectivity index (χ3v) is 5.47. The first-order valence-electron chi connectivity index (χ1n) is 8.69. The Morgan fingerprint density at radius 2 is 2.04 bits per heavy atom. The van der Waals surface area contributed by atoms with Crippen LogP contribution in [0.15, 0.2) is 53.7 Å². The zero-order valence-corrected chi connectivity index (χ0v) is 17.0. The molecule has 3 aromatic rings. The van der Waals surface area contributed by atoms with Gasteiger partial charge in [-0.05, 0) is 32.0 Å². The Hall–Kier alpha value is -2.82. The van der Waals surface area contributed by atoms with E-state index in [0.717, 1.165) is 11.4 Å². The molecule has 0 saturated heterocycles. The van der Waals surface area contributed by atoms with Gasteiger partial charge in [-0.2, -0.15) is 5.26 Å². The van der Waals surface area contributed by atoms with Crippen LogP contribution in [0, 0.1) is 11.3 Å². The normalized spacial score (nSPS) is 11.6.